The van der Waals surface area contributed by atoms with Crippen molar-refractivity contribution in [3.05, 3.63) is 57.7 Å². The lowest BCUT2D eigenvalue weighted by atomic mass is 10.1. The zero-order valence-electron chi connectivity index (χ0n) is 12.3. The van der Waals surface area contributed by atoms with E-state index in [1.807, 2.05) is 24.4 Å². The van der Waals surface area contributed by atoms with Crippen molar-refractivity contribution in [1.82, 2.24) is 10.3 Å². The number of aromatic amines is 1. The number of hydrogen-bond donors (Lipinski definition) is 2. The van der Waals surface area contributed by atoms with Gasteiger partial charge in [-0.05, 0) is 55.0 Å². The highest BCUT2D eigenvalue weighted by Crippen LogP contribution is 2.24. The fourth-order valence-electron chi connectivity index (χ4n) is 2.64. The summed E-state index contributed by atoms with van der Waals surface area (Å²) >= 11 is 1.43. The van der Waals surface area contributed by atoms with E-state index in [2.05, 4.69) is 10.3 Å². The molecule has 0 saturated heterocycles. The first-order chi connectivity index (χ1) is 10.6. The van der Waals surface area contributed by atoms with Crippen LogP contribution in [0, 0.1) is 12.7 Å². The molecule has 0 bridgehead atoms. The van der Waals surface area contributed by atoms with Crippen molar-refractivity contribution in [2.75, 3.05) is 6.54 Å². The van der Waals surface area contributed by atoms with Crippen LogP contribution >= 0.6 is 11.3 Å². The normalized spacial score (nSPS) is 11.0. The highest BCUT2D eigenvalue weighted by molar-refractivity contribution is 7.12. The van der Waals surface area contributed by atoms with Gasteiger partial charge in [0.1, 0.15) is 5.82 Å². The molecule has 1 aromatic carbocycles. The summed E-state index contributed by atoms with van der Waals surface area (Å²) in [5.41, 5.74) is 3.14. The molecule has 2 aromatic heterocycles. The van der Waals surface area contributed by atoms with Crippen LogP contribution in [0.4, 0.5) is 4.39 Å². The first-order valence-electron chi connectivity index (χ1n) is 7.23. The molecule has 0 aliphatic heterocycles. The number of benzene rings is 1. The molecule has 114 valence electrons. The summed E-state index contributed by atoms with van der Waals surface area (Å²) in [6.07, 6.45) is 1.63. The second-order valence-corrected chi connectivity index (χ2v) is 6.20. The van der Waals surface area contributed by atoms with Gasteiger partial charge in [-0.3, -0.25) is 4.79 Å². The Morgan fingerprint density at radius 2 is 2.23 bits per heavy atom. The molecule has 3 aromatic rings. The minimum absolute atomic E-state index is 0.0308. The number of aryl methyl sites for hydroxylation is 2. The van der Waals surface area contributed by atoms with Crippen molar-refractivity contribution in [1.29, 1.82) is 0 Å². The number of H-pyrrole nitrogens is 1. The number of nitrogens with one attached hydrogen (secondary N) is 2. The van der Waals surface area contributed by atoms with E-state index in [-0.39, 0.29) is 11.7 Å². The number of thiophene rings is 1. The minimum atomic E-state index is -0.223. The van der Waals surface area contributed by atoms with Gasteiger partial charge >= 0.3 is 0 Å². The molecule has 2 N–H and O–H groups in total. The topological polar surface area (TPSA) is 44.9 Å². The fourth-order valence-corrected chi connectivity index (χ4v) is 3.28. The molecule has 3 nitrogen and oxygen atoms in total. The van der Waals surface area contributed by atoms with Crippen molar-refractivity contribution in [3.8, 4) is 0 Å². The lowest BCUT2D eigenvalue weighted by molar-refractivity contribution is 0.0957. The van der Waals surface area contributed by atoms with E-state index < -0.39 is 0 Å². The van der Waals surface area contributed by atoms with E-state index in [0.29, 0.717) is 6.54 Å². The van der Waals surface area contributed by atoms with Gasteiger partial charge in [-0.15, -0.1) is 11.3 Å². The van der Waals surface area contributed by atoms with Crippen LogP contribution in [0.1, 0.15) is 27.3 Å². The average Bonchev–Trinajstić information content (AvgIpc) is 3.12. The van der Waals surface area contributed by atoms with E-state index >= 15 is 0 Å². The molecular weight excluding hydrogens is 299 g/mol. The lowest BCUT2D eigenvalue weighted by Crippen LogP contribution is -2.23. The molecule has 0 radical (unpaired) electrons. The van der Waals surface area contributed by atoms with Gasteiger partial charge in [0.2, 0.25) is 0 Å². The van der Waals surface area contributed by atoms with Gasteiger partial charge in [0.05, 0.1) is 4.88 Å². The predicted molar refractivity (Wildman–Crippen MR) is 88.0 cm³/mol. The standard InChI is InChI=1S/C17H17FN2OS/c1-11-13(14-10-12(18)6-7-15(14)20-11)4-2-8-19-17(21)16-5-3-9-22-16/h3,5-7,9-10,20H,2,4,8H2,1H3,(H,19,21). The SMILES string of the molecule is Cc1[nH]c2ccc(F)cc2c1CCCNC(=O)c1cccs1. The van der Waals surface area contributed by atoms with Gasteiger partial charge < -0.3 is 10.3 Å². The maximum absolute atomic E-state index is 13.4. The summed E-state index contributed by atoms with van der Waals surface area (Å²) in [5, 5.41) is 5.73. The zero-order chi connectivity index (χ0) is 15.5. The number of hydrogen-bond acceptors (Lipinski definition) is 2. The molecule has 0 aliphatic rings. The van der Waals surface area contributed by atoms with Crippen LogP contribution < -0.4 is 5.32 Å². The predicted octanol–water partition coefficient (Wildman–Crippen LogP) is 4.04. The number of carbonyl (C=O) groups excluding carboxylic acids is 1. The molecule has 22 heavy (non-hydrogen) atoms. The molecular formula is C17H17FN2OS. The van der Waals surface area contributed by atoms with Crippen LogP contribution in [0.3, 0.4) is 0 Å². The Kier molecular flexibility index (Phi) is 4.24. The number of carbonyl (C=O) groups is 1. The smallest absolute Gasteiger partial charge is 0.261 e. The summed E-state index contributed by atoms with van der Waals surface area (Å²) in [4.78, 5) is 15.8. The number of halogens is 1. The molecule has 0 atom stereocenters. The van der Waals surface area contributed by atoms with Gasteiger partial charge in [-0.25, -0.2) is 4.39 Å². The molecule has 0 fully saturated rings. The third-order valence-electron chi connectivity index (χ3n) is 3.72. The highest BCUT2D eigenvalue weighted by atomic mass is 32.1. The third kappa shape index (κ3) is 3.04. The van der Waals surface area contributed by atoms with E-state index in [1.54, 1.807) is 12.1 Å². The number of amides is 1. The Bertz CT molecular complexity index is 792. The Morgan fingerprint density at radius 3 is 3.00 bits per heavy atom. The third-order valence-corrected chi connectivity index (χ3v) is 4.58. The molecule has 0 unspecified atom stereocenters. The van der Waals surface area contributed by atoms with Crippen LogP contribution in [0.15, 0.2) is 35.7 Å². The van der Waals surface area contributed by atoms with E-state index in [4.69, 9.17) is 0 Å². The number of aromatic nitrogens is 1. The van der Waals surface area contributed by atoms with Crippen molar-refractivity contribution in [3.63, 3.8) is 0 Å². The van der Waals surface area contributed by atoms with Gasteiger partial charge in [-0.1, -0.05) is 6.07 Å². The Hall–Kier alpha value is -2.14. The average molecular weight is 316 g/mol. The second kappa shape index (κ2) is 6.32. The van der Waals surface area contributed by atoms with Gasteiger partial charge in [0.25, 0.3) is 5.91 Å². The van der Waals surface area contributed by atoms with Crippen molar-refractivity contribution in [2.45, 2.75) is 19.8 Å². The van der Waals surface area contributed by atoms with Crippen LogP contribution in [0.5, 0.6) is 0 Å². The Morgan fingerprint density at radius 1 is 1.36 bits per heavy atom. The number of fused-ring (bicyclic) bond motifs is 1. The second-order valence-electron chi connectivity index (χ2n) is 5.26. The molecule has 0 saturated carbocycles. The van der Waals surface area contributed by atoms with Gasteiger partial charge in [0, 0.05) is 23.1 Å². The maximum Gasteiger partial charge on any atom is 0.261 e. The zero-order valence-corrected chi connectivity index (χ0v) is 13.1. The summed E-state index contributed by atoms with van der Waals surface area (Å²) in [6.45, 7) is 2.61. The fraction of sp³-hybridized carbons (Fsp3) is 0.235. The molecule has 0 aliphatic carbocycles. The molecule has 1 amide bonds. The quantitative estimate of drug-likeness (QED) is 0.686. The maximum atomic E-state index is 13.4. The summed E-state index contributed by atoms with van der Waals surface area (Å²) in [5.74, 6) is -0.254. The molecule has 3 rings (SSSR count). The largest absolute Gasteiger partial charge is 0.358 e. The van der Waals surface area contributed by atoms with E-state index in [0.717, 1.165) is 39.9 Å². The first kappa shape index (κ1) is 14.8. The highest BCUT2D eigenvalue weighted by Gasteiger charge is 2.10. The van der Waals surface area contributed by atoms with Crippen LogP contribution in [-0.4, -0.2) is 17.4 Å². The van der Waals surface area contributed by atoms with Crippen LogP contribution in [0.2, 0.25) is 0 Å². The van der Waals surface area contributed by atoms with Crippen molar-refractivity contribution in [2.24, 2.45) is 0 Å². The monoisotopic (exact) mass is 316 g/mol. The molecule has 5 heteroatoms. The van der Waals surface area contributed by atoms with Crippen molar-refractivity contribution < 1.29 is 9.18 Å². The Labute approximate surface area is 132 Å². The van der Waals surface area contributed by atoms with Gasteiger partial charge in [-0.2, -0.15) is 0 Å². The summed E-state index contributed by atoms with van der Waals surface area (Å²) in [7, 11) is 0. The van der Waals surface area contributed by atoms with Gasteiger partial charge in [0.15, 0.2) is 0 Å². The van der Waals surface area contributed by atoms with Crippen LogP contribution in [-0.2, 0) is 6.42 Å². The van der Waals surface area contributed by atoms with Crippen molar-refractivity contribution >= 4 is 28.1 Å². The first-order valence-corrected chi connectivity index (χ1v) is 8.11. The minimum Gasteiger partial charge on any atom is -0.358 e. The Balaban J connectivity index is 1.61. The molecule has 0 spiro atoms. The van der Waals surface area contributed by atoms with E-state index in [9.17, 15) is 9.18 Å². The lowest BCUT2D eigenvalue weighted by Gasteiger charge is -2.04. The molecule has 2 heterocycles. The number of rotatable bonds is 5. The summed E-state index contributed by atoms with van der Waals surface area (Å²) < 4.78 is 13.4. The van der Waals surface area contributed by atoms with Crippen LogP contribution in [0.25, 0.3) is 10.9 Å². The summed E-state index contributed by atoms with van der Waals surface area (Å²) in [6, 6.07) is 8.47. The van der Waals surface area contributed by atoms with E-state index in [1.165, 1.54) is 17.4 Å².